The lowest BCUT2D eigenvalue weighted by molar-refractivity contribution is -0.145. The fourth-order valence-corrected chi connectivity index (χ4v) is 5.90. The highest BCUT2D eigenvalue weighted by Crippen LogP contribution is 2.39. The molecule has 3 aliphatic rings. The van der Waals surface area contributed by atoms with Crippen LogP contribution >= 0.6 is 0 Å². The van der Waals surface area contributed by atoms with E-state index in [0.717, 1.165) is 31.5 Å². The number of urea groups is 1. The Morgan fingerprint density at radius 2 is 1.72 bits per heavy atom. The smallest absolute Gasteiger partial charge is 0.322 e. The minimum Gasteiger partial charge on any atom is -0.457 e. The van der Waals surface area contributed by atoms with Gasteiger partial charge >= 0.3 is 6.03 Å². The molecule has 2 aromatic carbocycles. The van der Waals surface area contributed by atoms with Gasteiger partial charge in [-0.3, -0.25) is 14.5 Å². The first-order valence-electron chi connectivity index (χ1n) is 14.0. The third-order valence-corrected chi connectivity index (χ3v) is 8.05. The quantitative estimate of drug-likeness (QED) is 0.550. The van der Waals surface area contributed by atoms with Gasteiger partial charge in [-0.2, -0.15) is 0 Å². The third kappa shape index (κ3) is 5.24. The highest BCUT2D eigenvalue weighted by molar-refractivity contribution is 6.03. The summed E-state index contributed by atoms with van der Waals surface area (Å²) in [5.74, 6) is 1.66. The number of piperidine rings is 1. The van der Waals surface area contributed by atoms with E-state index in [2.05, 4.69) is 12.2 Å². The van der Waals surface area contributed by atoms with E-state index in [0.29, 0.717) is 35.2 Å². The Morgan fingerprint density at radius 3 is 2.38 bits per heavy atom. The Hall–Kier alpha value is -3.81. The number of carbonyl (C=O) groups is 3. The summed E-state index contributed by atoms with van der Waals surface area (Å²) in [7, 11) is 0. The van der Waals surface area contributed by atoms with Gasteiger partial charge in [0.1, 0.15) is 17.5 Å². The number of nitrogens with one attached hydrogen (secondary N) is 1. The molecule has 0 aliphatic carbocycles. The largest absolute Gasteiger partial charge is 0.457 e. The van der Waals surface area contributed by atoms with Gasteiger partial charge in [0.05, 0.1) is 23.9 Å². The SMILES string of the molecule is CCN1C(=O)N[C@@H](c2cccc(Oc3ccccc3)c2)C2=C1CN([C@H](C(=O)N1CCC(C)CC1)C(C)C)C2=O. The van der Waals surface area contributed by atoms with Gasteiger partial charge in [-0.05, 0) is 61.4 Å². The van der Waals surface area contributed by atoms with Crippen molar-refractivity contribution in [1.82, 2.24) is 20.0 Å². The second-order valence-electron chi connectivity index (χ2n) is 11.1. The monoisotopic (exact) mass is 530 g/mol. The minimum atomic E-state index is -0.633. The standard InChI is InChI=1S/C31H38N4O4/c1-5-34-25-19-35(28(20(2)3)30(37)33-16-14-21(4)15-17-33)29(36)26(25)27(32-31(34)38)22-10-9-13-24(18-22)39-23-11-7-6-8-12-23/h6-13,18,20-21,27-28H,5,14-17,19H2,1-4H3,(H,32,38)/t27-,28-/m0/s1. The van der Waals surface area contributed by atoms with Crippen LogP contribution in [0.25, 0.3) is 0 Å². The van der Waals surface area contributed by atoms with Crippen molar-refractivity contribution in [2.45, 2.75) is 52.6 Å². The highest BCUT2D eigenvalue weighted by atomic mass is 16.5. The van der Waals surface area contributed by atoms with E-state index in [1.165, 1.54) is 0 Å². The number of hydrogen-bond donors (Lipinski definition) is 1. The van der Waals surface area contributed by atoms with Crippen LogP contribution in [0.3, 0.4) is 0 Å². The molecule has 4 amide bonds. The summed E-state index contributed by atoms with van der Waals surface area (Å²) in [6, 6.07) is 15.5. The average molecular weight is 531 g/mol. The number of likely N-dealkylation sites (tertiary alicyclic amines) is 1. The van der Waals surface area contributed by atoms with E-state index in [1.807, 2.05) is 80.3 Å². The van der Waals surface area contributed by atoms with Crippen LogP contribution in [0, 0.1) is 11.8 Å². The molecule has 8 nitrogen and oxygen atoms in total. The van der Waals surface area contributed by atoms with E-state index < -0.39 is 12.1 Å². The van der Waals surface area contributed by atoms with Crippen LogP contribution in [0.4, 0.5) is 4.79 Å². The third-order valence-electron chi connectivity index (χ3n) is 8.05. The number of nitrogens with zero attached hydrogens (tertiary/aromatic N) is 3. The van der Waals surface area contributed by atoms with Crippen LogP contribution in [0.15, 0.2) is 65.9 Å². The molecule has 0 bridgehead atoms. The maximum atomic E-state index is 14.1. The molecule has 0 spiro atoms. The first kappa shape index (κ1) is 26.8. The molecular formula is C31H38N4O4. The number of para-hydroxylation sites is 1. The molecule has 206 valence electrons. The zero-order chi connectivity index (χ0) is 27.7. The molecule has 39 heavy (non-hydrogen) atoms. The molecule has 2 atom stereocenters. The van der Waals surface area contributed by atoms with Crippen molar-refractivity contribution in [3.8, 4) is 11.5 Å². The highest BCUT2D eigenvalue weighted by Gasteiger charge is 2.48. The van der Waals surface area contributed by atoms with Crippen LogP contribution in [-0.4, -0.2) is 64.8 Å². The molecule has 0 unspecified atom stereocenters. The lowest BCUT2D eigenvalue weighted by atomic mass is 9.94. The van der Waals surface area contributed by atoms with Crippen LogP contribution < -0.4 is 10.1 Å². The van der Waals surface area contributed by atoms with Crippen molar-refractivity contribution in [3.05, 3.63) is 71.4 Å². The van der Waals surface area contributed by atoms with E-state index in [1.54, 1.807) is 9.80 Å². The molecule has 2 aromatic rings. The zero-order valence-corrected chi connectivity index (χ0v) is 23.2. The minimum absolute atomic E-state index is 0.00207. The van der Waals surface area contributed by atoms with Gasteiger partial charge in [0.25, 0.3) is 5.91 Å². The number of carbonyl (C=O) groups excluding carboxylic acids is 3. The summed E-state index contributed by atoms with van der Waals surface area (Å²) < 4.78 is 6.03. The summed E-state index contributed by atoms with van der Waals surface area (Å²) in [6.07, 6.45) is 1.95. The summed E-state index contributed by atoms with van der Waals surface area (Å²) in [5.41, 5.74) is 1.96. The molecule has 3 heterocycles. The van der Waals surface area contributed by atoms with E-state index in [-0.39, 0.29) is 30.3 Å². The number of amides is 4. The molecule has 0 radical (unpaired) electrons. The van der Waals surface area contributed by atoms with Crippen molar-refractivity contribution in [3.63, 3.8) is 0 Å². The molecule has 0 aromatic heterocycles. The maximum absolute atomic E-state index is 14.1. The Morgan fingerprint density at radius 1 is 1.03 bits per heavy atom. The summed E-state index contributed by atoms with van der Waals surface area (Å²) in [6.45, 7) is 10.2. The van der Waals surface area contributed by atoms with Gasteiger partial charge in [-0.25, -0.2) is 4.79 Å². The van der Waals surface area contributed by atoms with Crippen LogP contribution in [-0.2, 0) is 9.59 Å². The normalized spacial score (nSPS) is 20.8. The topological polar surface area (TPSA) is 82.2 Å². The number of rotatable bonds is 7. The predicted octanol–water partition coefficient (Wildman–Crippen LogP) is 4.94. The van der Waals surface area contributed by atoms with Crippen molar-refractivity contribution in [2.24, 2.45) is 11.8 Å². The molecule has 3 aliphatic heterocycles. The van der Waals surface area contributed by atoms with Crippen LogP contribution in [0.5, 0.6) is 11.5 Å². The van der Waals surface area contributed by atoms with E-state index in [4.69, 9.17) is 4.74 Å². The van der Waals surface area contributed by atoms with Crippen LogP contribution in [0.1, 0.15) is 52.1 Å². The van der Waals surface area contributed by atoms with Gasteiger partial charge in [0.2, 0.25) is 5.91 Å². The summed E-state index contributed by atoms with van der Waals surface area (Å²) in [5, 5.41) is 3.04. The molecule has 8 heteroatoms. The number of hydrogen-bond acceptors (Lipinski definition) is 4. The Labute approximate surface area is 230 Å². The summed E-state index contributed by atoms with van der Waals surface area (Å²) in [4.78, 5) is 46.3. The second kappa shape index (κ2) is 11.1. The van der Waals surface area contributed by atoms with Gasteiger partial charge < -0.3 is 19.9 Å². The number of benzene rings is 2. The van der Waals surface area contributed by atoms with Crippen molar-refractivity contribution < 1.29 is 19.1 Å². The molecule has 0 saturated carbocycles. The van der Waals surface area contributed by atoms with Gasteiger partial charge in [0.15, 0.2) is 0 Å². The second-order valence-corrected chi connectivity index (χ2v) is 11.1. The lowest BCUT2D eigenvalue weighted by Crippen LogP contribution is -2.54. The first-order valence-corrected chi connectivity index (χ1v) is 14.0. The van der Waals surface area contributed by atoms with Gasteiger partial charge in [-0.15, -0.1) is 0 Å². The van der Waals surface area contributed by atoms with E-state index in [9.17, 15) is 14.4 Å². The lowest BCUT2D eigenvalue weighted by Gasteiger charge is -2.38. The Kier molecular flexibility index (Phi) is 7.64. The van der Waals surface area contributed by atoms with Crippen LogP contribution in [0.2, 0.25) is 0 Å². The fourth-order valence-electron chi connectivity index (χ4n) is 5.90. The Balaban J connectivity index is 1.46. The number of ether oxygens (including phenoxy) is 1. The molecular weight excluding hydrogens is 492 g/mol. The first-order chi connectivity index (χ1) is 18.8. The van der Waals surface area contributed by atoms with Crippen molar-refractivity contribution >= 4 is 17.8 Å². The van der Waals surface area contributed by atoms with Crippen molar-refractivity contribution in [1.29, 1.82) is 0 Å². The molecule has 1 saturated heterocycles. The summed E-state index contributed by atoms with van der Waals surface area (Å²) >= 11 is 0. The van der Waals surface area contributed by atoms with Gasteiger partial charge in [-0.1, -0.05) is 51.1 Å². The van der Waals surface area contributed by atoms with Crippen molar-refractivity contribution in [2.75, 3.05) is 26.2 Å². The van der Waals surface area contributed by atoms with E-state index >= 15 is 0 Å². The molecule has 5 rings (SSSR count). The van der Waals surface area contributed by atoms with Gasteiger partial charge in [0, 0.05) is 19.6 Å². The average Bonchev–Trinajstić information content (AvgIpc) is 3.25. The zero-order valence-electron chi connectivity index (χ0n) is 23.2. The number of likely N-dealkylation sites (N-methyl/N-ethyl adjacent to an activating group) is 1. The maximum Gasteiger partial charge on any atom is 0.322 e. The molecule has 1 fully saturated rings. The fraction of sp³-hybridized carbons (Fsp3) is 0.452. The Bertz CT molecular complexity index is 1270. The molecule has 1 N–H and O–H groups in total. The predicted molar refractivity (Wildman–Crippen MR) is 149 cm³/mol.